The van der Waals surface area contributed by atoms with Gasteiger partial charge in [-0.05, 0) is 73.9 Å². The number of aryl methyl sites for hydroxylation is 1. The lowest BCUT2D eigenvalue weighted by atomic mass is 9.77. The average Bonchev–Trinajstić information content (AvgIpc) is 2.34. The van der Waals surface area contributed by atoms with Crippen LogP contribution in [0.15, 0.2) is 6.07 Å². The molecule has 100 valence electrons. The van der Waals surface area contributed by atoms with Crippen LogP contribution in [0, 0.1) is 13.8 Å². The molecule has 1 aliphatic rings. The summed E-state index contributed by atoms with van der Waals surface area (Å²) in [6.07, 6.45) is 3.69. The van der Waals surface area contributed by atoms with Gasteiger partial charge in [0.2, 0.25) is 0 Å². The molecule has 1 N–H and O–H groups in total. The molecule has 18 heavy (non-hydrogen) atoms. The monoisotopic (exact) mass is 265 g/mol. The zero-order chi connectivity index (χ0) is 13.3. The Labute approximate surface area is 116 Å². The summed E-state index contributed by atoms with van der Waals surface area (Å²) in [4.78, 5) is 0. The van der Waals surface area contributed by atoms with Crippen LogP contribution in [0.2, 0.25) is 5.02 Å². The van der Waals surface area contributed by atoms with Crippen LogP contribution in [0.25, 0.3) is 0 Å². The molecule has 1 aliphatic carbocycles. The molecule has 0 aromatic heterocycles. The first-order valence-corrected chi connectivity index (χ1v) is 7.46. The van der Waals surface area contributed by atoms with E-state index in [0.29, 0.717) is 12.0 Å². The van der Waals surface area contributed by atoms with Crippen molar-refractivity contribution >= 4 is 11.6 Å². The second-order valence-electron chi connectivity index (χ2n) is 5.61. The largest absolute Gasteiger partial charge is 0.310 e. The Kier molecular flexibility index (Phi) is 4.34. The Hall–Kier alpha value is -0.530. The first-order chi connectivity index (χ1) is 8.56. The zero-order valence-electron chi connectivity index (χ0n) is 11.9. The van der Waals surface area contributed by atoms with Gasteiger partial charge in [0.1, 0.15) is 0 Å². The van der Waals surface area contributed by atoms with Crippen LogP contribution in [0.3, 0.4) is 0 Å². The van der Waals surface area contributed by atoms with Crippen molar-refractivity contribution < 1.29 is 0 Å². The van der Waals surface area contributed by atoms with Gasteiger partial charge in [0.25, 0.3) is 0 Å². The number of hydrogen-bond donors (Lipinski definition) is 1. The summed E-state index contributed by atoms with van der Waals surface area (Å²) < 4.78 is 0. The van der Waals surface area contributed by atoms with Gasteiger partial charge >= 0.3 is 0 Å². The third kappa shape index (κ3) is 2.44. The SMILES string of the molecule is CCCNC1CCC(C)c2c(C)cc(Cl)c(C)c21. The fraction of sp³-hybridized carbons (Fsp3) is 0.625. The summed E-state index contributed by atoms with van der Waals surface area (Å²) in [5.74, 6) is 0.663. The number of hydrogen-bond acceptors (Lipinski definition) is 1. The minimum absolute atomic E-state index is 0.494. The lowest BCUT2D eigenvalue weighted by molar-refractivity contribution is 0.430. The van der Waals surface area contributed by atoms with Gasteiger partial charge in [0.15, 0.2) is 0 Å². The Bertz CT molecular complexity index is 439. The normalized spacial score (nSPS) is 22.9. The van der Waals surface area contributed by atoms with Crippen LogP contribution in [-0.2, 0) is 0 Å². The Morgan fingerprint density at radius 3 is 2.67 bits per heavy atom. The summed E-state index contributed by atoms with van der Waals surface area (Å²) in [6.45, 7) is 10.0. The summed E-state index contributed by atoms with van der Waals surface area (Å²) in [5.41, 5.74) is 5.65. The van der Waals surface area contributed by atoms with E-state index in [-0.39, 0.29) is 0 Å². The van der Waals surface area contributed by atoms with Crippen molar-refractivity contribution in [1.29, 1.82) is 0 Å². The molecule has 1 aromatic rings. The maximum atomic E-state index is 6.37. The van der Waals surface area contributed by atoms with Gasteiger partial charge in [-0.15, -0.1) is 0 Å². The van der Waals surface area contributed by atoms with E-state index in [1.165, 1.54) is 41.5 Å². The lowest BCUT2D eigenvalue weighted by Gasteiger charge is -2.33. The van der Waals surface area contributed by atoms with Crippen LogP contribution in [0.4, 0.5) is 0 Å². The molecule has 0 bridgehead atoms. The molecule has 2 heteroatoms. The Morgan fingerprint density at radius 1 is 1.28 bits per heavy atom. The summed E-state index contributed by atoms with van der Waals surface area (Å²) in [7, 11) is 0. The van der Waals surface area contributed by atoms with Crippen LogP contribution < -0.4 is 5.32 Å². The third-order valence-corrected chi connectivity index (χ3v) is 4.58. The fourth-order valence-electron chi connectivity index (χ4n) is 3.25. The fourth-order valence-corrected chi connectivity index (χ4v) is 3.52. The molecule has 0 spiro atoms. The maximum Gasteiger partial charge on any atom is 0.0441 e. The van der Waals surface area contributed by atoms with E-state index in [9.17, 15) is 0 Å². The topological polar surface area (TPSA) is 12.0 Å². The van der Waals surface area contributed by atoms with E-state index in [0.717, 1.165) is 11.6 Å². The summed E-state index contributed by atoms with van der Waals surface area (Å²) in [5, 5.41) is 4.60. The van der Waals surface area contributed by atoms with E-state index >= 15 is 0 Å². The predicted molar refractivity (Wildman–Crippen MR) is 79.6 cm³/mol. The van der Waals surface area contributed by atoms with Crippen molar-refractivity contribution in [1.82, 2.24) is 5.32 Å². The lowest BCUT2D eigenvalue weighted by Crippen LogP contribution is -2.28. The molecule has 0 fully saturated rings. The van der Waals surface area contributed by atoms with Gasteiger partial charge in [-0.1, -0.05) is 25.4 Å². The van der Waals surface area contributed by atoms with Gasteiger partial charge in [0, 0.05) is 11.1 Å². The van der Waals surface area contributed by atoms with Crippen LogP contribution in [0.5, 0.6) is 0 Å². The molecule has 0 saturated carbocycles. The predicted octanol–water partition coefficient (Wildman–Crippen LogP) is 4.89. The molecule has 2 unspecified atom stereocenters. The first kappa shape index (κ1) is 13.9. The highest BCUT2D eigenvalue weighted by Crippen LogP contribution is 2.42. The first-order valence-electron chi connectivity index (χ1n) is 7.09. The minimum atomic E-state index is 0.494. The van der Waals surface area contributed by atoms with Crippen molar-refractivity contribution in [2.24, 2.45) is 0 Å². The Balaban J connectivity index is 2.48. The number of halogens is 1. The maximum absolute atomic E-state index is 6.37. The highest BCUT2D eigenvalue weighted by molar-refractivity contribution is 6.31. The van der Waals surface area contributed by atoms with E-state index in [1.807, 2.05) is 0 Å². The highest BCUT2D eigenvalue weighted by Gasteiger charge is 2.28. The second-order valence-corrected chi connectivity index (χ2v) is 6.02. The number of benzene rings is 1. The molecule has 1 aromatic carbocycles. The van der Waals surface area contributed by atoms with Crippen molar-refractivity contribution in [3.63, 3.8) is 0 Å². The smallest absolute Gasteiger partial charge is 0.0441 e. The Morgan fingerprint density at radius 2 is 2.00 bits per heavy atom. The zero-order valence-corrected chi connectivity index (χ0v) is 12.7. The summed E-state index contributed by atoms with van der Waals surface area (Å²) in [6, 6.07) is 2.63. The molecule has 0 amide bonds. The standard InChI is InChI=1S/C16H24ClN/c1-5-8-18-14-7-6-10(2)15-11(3)9-13(17)12(4)16(14)15/h9-10,14,18H,5-8H2,1-4H3. The van der Waals surface area contributed by atoms with Crippen LogP contribution in [0.1, 0.15) is 67.3 Å². The number of fused-ring (bicyclic) bond motifs is 1. The third-order valence-electron chi connectivity index (χ3n) is 4.19. The number of rotatable bonds is 3. The second kappa shape index (κ2) is 5.63. The van der Waals surface area contributed by atoms with Gasteiger partial charge < -0.3 is 5.32 Å². The molecular weight excluding hydrogens is 242 g/mol. The van der Waals surface area contributed by atoms with Gasteiger partial charge in [-0.25, -0.2) is 0 Å². The van der Waals surface area contributed by atoms with Crippen LogP contribution in [-0.4, -0.2) is 6.54 Å². The number of nitrogens with one attached hydrogen (secondary N) is 1. The van der Waals surface area contributed by atoms with E-state index in [2.05, 4.69) is 39.1 Å². The van der Waals surface area contributed by atoms with E-state index < -0.39 is 0 Å². The highest BCUT2D eigenvalue weighted by atomic mass is 35.5. The van der Waals surface area contributed by atoms with Gasteiger partial charge in [-0.3, -0.25) is 0 Å². The van der Waals surface area contributed by atoms with E-state index in [1.54, 1.807) is 0 Å². The van der Waals surface area contributed by atoms with Gasteiger partial charge in [-0.2, -0.15) is 0 Å². The van der Waals surface area contributed by atoms with Crippen LogP contribution >= 0.6 is 11.6 Å². The van der Waals surface area contributed by atoms with Crippen molar-refractivity contribution in [3.05, 3.63) is 33.3 Å². The molecule has 1 nitrogen and oxygen atoms in total. The van der Waals surface area contributed by atoms with Crippen molar-refractivity contribution in [2.45, 2.75) is 58.9 Å². The average molecular weight is 266 g/mol. The minimum Gasteiger partial charge on any atom is -0.310 e. The molecule has 0 aliphatic heterocycles. The molecule has 0 saturated heterocycles. The quantitative estimate of drug-likeness (QED) is 0.820. The van der Waals surface area contributed by atoms with Crippen molar-refractivity contribution in [2.75, 3.05) is 6.54 Å². The molecule has 2 rings (SSSR count). The molecule has 0 heterocycles. The molecule has 0 radical (unpaired) electrons. The van der Waals surface area contributed by atoms with Crippen molar-refractivity contribution in [3.8, 4) is 0 Å². The summed E-state index contributed by atoms with van der Waals surface area (Å²) >= 11 is 6.37. The van der Waals surface area contributed by atoms with Gasteiger partial charge in [0.05, 0.1) is 0 Å². The molecule has 2 atom stereocenters. The molecular formula is C16H24ClN. The van der Waals surface area contributed by atoms with E-state index in [4.69, 9.17) is 11.6 Å².